The minimum absolute atomic E-state index is 0.0909. The van der Waals surface area contributed by atoms with E-state index in [0.717, 1.165) is 25.2 Å². The number of rotatable bonds is 4. The van der Waals surface area contributed by atoms with Gasteiger partial charge in [0.2, 0.25) is 0 Å². The maximum Gasteiger partial charge on any atom is 0.257 e. The maximum absolute atomic E-state index is 12.7. The van der Waals surface area contributed by atoms with E-state index in [0.29, 0.717) is 34.9 Å². The van der Waals surface area contributed by atoms with E-state index in [2.05, 4.69) is 22.1 Å². The highest BCUT2D eigenvalue weighted by Gasteiger charge is 2.22. The Morgan fingerprint density at radius 2 is 1.81 bits per heavy atom. The zero-order chi connectivity index (χ0) is 19.4. The summed E-state index contributed by atoms with van der Waals surface area (Å²) in [5, 5.41) is 3.38. The van der Waals surface area contributed by atoms with E-state index in [4.69, 9.17) is 11.6 Å². The molecule has 1 aromatic heterocycles. The summed E-state index contributed by atoms with van der Waals surface area (Å²) in [5.41, 5.74) is 2.31. The third-order valence-electron chi connectivity index (χ3n) is 4.80. The van der Waals surface area contributed by atoms with Crippen molar-refractivity contribution < 1.29 is 9.59 Å². The zero-order valence-electron chi connectivity index (χ0n) is 15.5. The number of aryl methyl sites for hydroxylation is 1. The topological polar surface area (TPSA) is 65.5 Å². The van der Waals surface area contributed by atoms with Gasteiger partial charge in [0, 0.05) is 49.3 Å². The minimum atomic E-state index is -0.321. The van der Waals surface area contributed by atoms with Gasteiger partial charge in [0.15, 0.2) is 0 Å². The molecule has 1 aliphatic heterocycles. The molecular formula is C20H23ClN4O2. The molecule has 3 rings (SSSR count). The Bertz CT molecular complexity index is 848. The van der Waals surface area contributed by atoms with Crippen LogP contribution in [0, 0.1) is 6.92 Å². The first-order valence-electron chi connectivity index (χ1n) is 9.02. The average molecular weight is 387 g/mol. The van der Waals surface area contributed by atoms with E-state index in [1.54, 1.807) is 18.2 Å². The lowest BCUT2D eigenvalue weighted by Crippen LogP contribution is -2.48. The van der Waals surface area contributed by atoms with E-state index in [1.165, 1.54) is 12.4 Å². The van der Waals surface area contributed by atoms with Crippen molar-refractivity contribution in [3.05, 3.63) is 58.4 Å². The van der Waals surface area contributed by atoms with Crippen LogP contribution in [0.1, 0.15) is 33.2 Å². The molecule has 142 valence electrons. The van der Waals surface area contributed by atoms with E-state index in [1.807, 2.05) is 17.9 Å². The maximum atomic E-state index is 12.7. The number of nitrogens with zero attached hydrogens (tertiary/aromatic N) is 3. The van der Waals surface area contributed by atoms with E-state index in [9.17, 15) is 9.59 Å². The standard InChI is InChI=1S/C20H23ClN4O2/c1-3-24-6-8-25(9-7-24)20(27)16-10-15(12-22-13-16)19(26)23-18-11-17(21)5-4-14(18)2/h4-5,10-13H,3,6-9H2,1-2H3,(H,23,26). The van der Waals surface area contributed by atoms with Gasteiger partial charge in [-0.2, -0.15) is 0 Å². The number of amides is 2. The van der Waals surface area contributed by atoms with Crippen molar-refractivity contribution in [2.75, 3.05) is 38.0 Å². The molecule has 2 aromatic rings. The molecule has 1 aromatic carbocycles. The molecule has 6 nitrogen and oxygen atoms in total. The van der Waals surface area contributed by atoms with Gasteiger partial charge in [-0.15, -0.1) is 0 Å². The van der Waals surface area contributed by atoms with Crippen molar-refractivity contribution in [3.8, 4) is 0 Å². The highest BCUT2D eigenvalue weighted by molar-refractivity contribution is 6.31. The largest absolute Gasteiger partial charge is 0.336 e. The number of carbonyl (C=O) groups excluding carboxylic acids is 2. The number of aromatic nitrogens is 1. The number of benzene rings is 1. The van der Waals surface area contributed by atoms with Crippen LogP contribution in [0.4, 0.5) is 5.69 Å². The lowest BCUT2D eigenvalue weighted by molar-refractivity contribution is 0.0643. The molecule has 2 amide bonds. The second-order valence-corrected chi connectivity index (χ2v) is 7.04. The number of pyridine rings is 1. The summed E-state index contributed by atoms with van der Waals surface area (Å²) in [6.07, 6.45) is 2.97. The summed E-state index contributed by atoms with van der Waals surface area (Å²) in [5.74, 6) is -0.412. The molecule has 7 heteroatoms. The third-order valence-corrected chi connectivity index (χ3v) is 5.04. The molecule has 1 aliphatic rings. The fourth-order valence-corrected chi connectivity index (χ4v) is 3.23. The lowest BCUT2D eigenvalue weighted by atomic mass is 10.1. The number of likely N-dealkylation sites (N-methyl/N-ethyl adjacent to an activating group) is 1. The van der Waals surface area contributed by atoms with Gasteiger partial charge in [-0.3, -0.25) is 14.6 Å². The molecular weight excluding hydrogens is 364 g/mol. The average Bonchev–Trinajstić information content (AvgIpc) is 2.70. The summed E-state index contributed by atoms with van der Waals surface area (Å²) in [4.78, 5) is 33.5. The summed E-state index contributed by atoms with van der Waals surface area (Å²) in [7, 11) is 0. The molecule has 0 radical (unpaired) electrons. The Morgan fingerprint density at radius 3 is 2.52 bits per heavy atom. The molecule has 0 spiro atoms. The molecule has 0 bridgehead atoms. The molecule has 0 aliphatic carbocycles. The van der Waals surface area contributed by atoms with Crippen LogP contribution in [0.2, 0.25) is 5.02 Å². The van der Waals surface area contributed by atoms with Crippen molar-refractivity contribution >= 4 is 29.1 Å². The molecule has 27 heavy (non-hydrogen) atoms. The Hall–Kier alpha value is -2.44. The first-order chi connectivity index (χ1) is 13.0. The quantitative estimate of drug-likeness (QED) is 0.877. The minimum Gasteiger partial charge on any atom is -0.336 e. The first-order valence-corrected chi connectivity index (χ1v) is 9.40. The SMILES string of the molecule is CCN1CCN(C(=O)c2cncc(C(=O)Nc3cc(Cl)ccc3C)c2)CC1. The third kappa shape index (κ3) is 4.64. The zero-order valence-corrected chi connectivity index (χ0v) is 16.3. The van der Waals surface area contributed by atoms with Gasteiger partial charge in [0.05, 0.1) is 11.1 Å². The Morgan fingerprint density at radius 1 is 1.11 bits per heavy atom. The monoisotopic (exact) mass is 386 g/mol. The van der Waals surface area contributed by atoms with Crippen molar-refractivity contribution in [2.24, 2.45) is 0 Å². The summed E-state index contributed by atoms with van der Waals surface area (Å²) in [6.45, 7) is 8.09. The predicted octanol–water partition coefficient (Wildman–Crippen LogP) is 3.07. The number of piperazine rings is 1. The molecule has 0 saturated carbocycles. The lowest BCUT2D eigenvalue weighted by Gasteiger charge is -2.34. The number of halogens is 1. The Labute approximate surface area is 164 Å². The second kappa shape index (κ2) is 8.50. The number of carbonyl (C=O) groups is 2. The van der Waals surface area contributed by atoms with Gasteiger partial charge in [0.25, 0.3) is 11.8 Å². The second-order valence-electron chi connectivity index (χ2n) is 6.60. The van der Waals surface area contributed by atoms with Gasteiger partial charge < -0.3 is 15.1 Å². The van der Waals surface area contributed by atoms with Crippen LogP contribution in [0.15, 0.2) is 36.7 Å². The van der Waals surface area contributed by atoms with Crippen LogP contribution in [0.3, 0.4) is 0 Å². The van der Waals surface area contributed by atoms with Crippen molar-refractivity contribution in [3.63, 3.8) is 0 Å². The van der Waals surface area contributed by atoms with Crippen LogP contribution in [0.5, 0.6) is 0 Å². The molecule has 2 heterocycles. The highest BCUT2D eigenvalue weighted by Crippen LogP contribution is 2.21. The predicted molar refractivity (Wildman–Crippen MR) is 106 cm³/mol. The fraction of sp³-hybridized carbons (Fsp3) is 0.350. The smallest absolute Gasteiger partial charge is 0.257 e. The van der Waals surface area contributed by atoms with Gasteiger partial charge in [-0.1, -0.05) is 24.6 Å². The normalized spacial score (nSPS) is 14.9. The number of nitrogens with one attached hydrogen (secondary N) is 1. The summed E-state index contributed by atoms with van der Waals surface area (Å²) >= 11 is 6.00. The number of anilines is 1. The van der Waals surface area contributed by atoms with Gasteiger partial charge in [-0.25, -0.2) is 0 Å². The Balaban J connectivity index is 1.72. The first kappa shape index (κ1) is 19.3. The van der Waals surface area contributed by atoms with Gasteiger partial charge in [0.1, 0.15) is 0 Å². The van der Waals surface area contributed by atoms with Crippen LogP contribution in [-0.2, 0) is 0 Å². The Kier molecular flexibility index (Phi) is 6.08. The van der Waals surface area contributed by atoms with Crippen molar-refractivity contribution in [2.45, 2.75) is 13.8 Å². The van der Waals surface area contributed by atoms with E-state index in [-0.39, 0.29) is 11.8 Å². The molecule has 1 N–H and O–H groups in total. The number of hydrogen-bond acceptors (Lipinski definition) is 4. The van der Waals surface area contributed by atoms with Gasteiger partial charge in [-0.05, 0) is 37.2 Å². The van der Waals surface area contributed by atoms with Crippen LogP contribution in [-0.4, -0.2) is 59.3 Å². The van der Waals surface area contributed by atoms with E-state index < -0.39 is 0 Å². The summed E-state index contributed by atoms with van der Waals surface area (Å²) < 4.78 is 0. The molecule has 0 atom stereocenters. The fourth-order valence-electron chi connectivity index (χ4n) is 3.05. The van der Waals surface area contributed by atoms with Crippen molar-refractivity contribution in [1.82, 2.24) is 14.8 Å². The van der Waals surface area contributed by atoms with Gasteiger partial charge >= 0.3 is 0 Å². The van der Waals surface area contributed by atoms with E-state index >= 15 is 0 Å². The molecule has 1 saturated heterocycles. The number of hydrogen-bond donors (Lipinski definition) is 1. The van der Waals surface area contributed by atoms with Crippen LogP contribution >= 0.6 is 11.6 Å². The highest BCUT2D eigenvalue weighted by atomic mass is 35.5. The van der Waals surface area contributed by atoms with Crippen LogP contribution in [0.25, 0.3) is 0 Å². The summed E-state index contributed by atoms with van der Waals surface area (Å²) in [6, 6.07) is 6.90. The van der Waals surface area contributed by atoms with Crippen molar-refractivity contribution in [1.29, 1.82) is 0 Å². The molecule has 0 unspecified atom stereocenters. The molecule has 1 fully saturated rings. The van der Waals surface area contributed by atoms with Crippen LogP contribution < -0.4 is 5.32 Å².